The molecule has 1 heterocycles. The van der Waals surface area contributed by atoms with Crippen molar-refractivity contribution >= 4 is 27.5 Å². The molecule has 9 heteroatoms. The van der Waals surface area contributed by atoms with Gasteiger partial charge >= 0.3 is 6.09 Å². The van der Waals surface area contributed by atoms with Gasteiger partial charge in [-0.2, -0.15) is 5.26 Å². The van der Waals surface area contributed by atoms with Crippen LogP contribution < -0.4 is 9.21 Å². The minimum atomic E-state index is -3.89. The van der Waals surface area contributed by atoms with Crippen molar-refractivity contribution in [3.63, 3.8) is 0 Å². The summed E-state index contributed by atoms with van der Waals surface area (Å²) >= 11 is 0. The lowest BCUT2D eigenvalue weighted by Gasteiger charge is -2.36. The third kappa shape index (κ3) is 5.44. The van der Waals surface area contributed by atoms with E-state index in [4.69, 9.17) is 4.74 Å². The summed E-state index contributed by atoms with van der Waals surface area (Å²) in [6.07, 6.45) is -0.337. The van der Waals surface area contributed by atoms with Crippen LogP contribution in [0.5, 0.6) is 0 Å². The number of rotatable bonds is 7. The molecular formula is C27H28N4O4S. The van der Waals surface area contributed by atoms with Gasteiger partial charge in [0.15, 0.2) is 0 Å². The number of nitriles is 1. The molecule has 0 bridgehead atoms. The highest BCUT2D eigenvalue weighted by molar-refractivity contribution is 7.92. The Morgan fingerprint density at radius 1 is 0.972 bits per heavy atom. The molecule has 3 aromatic carbocycles. The van der Waals surface area contributed by atoms with Crippen LogP contribution in [0.1, 0.15) is 18.1 Å². The predicted octanol–water partition coefficient (Wildman–Crippen LogP) is 4.23. The summed E-state index contributed by atoms with van der Waals surface area (Å²) in [5, 5.41) is 9.95. The number of amides is 1. The molecular weight excluding hydrogens is 476 g/mol. The van der Waals surface area contributed by atoms with Crippen LogP contribution in [0, 0.1) is 11.3 Å². The van der Waals surface area contributed by atoms with Crippen LogP contribution in [0.15, 0.2) is 83.8 Å². The average molecular weight is 505 g/mol. The fourth-order valence-corrected chi connectivity index (χ4v) is 5.64. The summed E-state index contributed by atoms with van der Waals surface area (Å²) < 4.78 is 33.7. The maximum atomic E-state index is 13.7. The van der Waals surface area contributed by atoms with Crippen LogP contribution in [-0.4, -0.2) is 52.2 Å². The Bertz CT molecular complexity index is 1330. The van der Waals surface area contributed by atoms with Gasteiger partial charge in [-0.25, -0.2) is 13.2 Å². The number of carbonyl (C=O) groups is 1. The second-order valence-electron chi connectivity index (χ2n) is 8.30. The molecule has 1 saturated heterocycles. The van der Waals surface area contributed by atoms with Crippen molar-refractivity contribution in [2.75, 3.05) is 42.0 Å². The second kappa shape index (κ2) is 11.1. The third-order valence-corrected chi connectivity index (χ3v) is 7.82. The van der Waals surface area contributed by atoms with Gasteiger partial charge < -0.3 is 14.5 Å². The number of carbonyl (C=O) groups excluding carboxylic acids is 1. The molecule has 0 spiro atoms. The molecule has 0 unspecified atom stereocenters. The van der Waals surface area contributed by atoms with Crippen LogP contribution in [0.3, 0.4) is 0 Å². The molecule has 1 aliphatic heterocycles. The number of nitrogens with zero attached hydrogens (tertiary/aromatic N) is 4. The molecule has 8 nitrogen and oxygen atoms in total. The average Bonchev–Trinajstić information content (AvgIpc) is 2.92. The summed E-state index contributed by atoms with van der Waals surface area (Å²) in [5.41, 5.74) is 2.32. The smallest absolute Gasteiger partial charge is 0.409 e. The first-order valence-electron chi connectivity index (χ1n) is 11.8. The number of hydrogen-bond donors (Lipinski definition) is 0. The van der Waals surface area contributed by atoms with Crippen molar-refractivity contribution in [1.29, 1.82) is 5.26 Å². The standard InChI is InChI=1S/C27H28N4O4S/c1-2-35-27(32)30-17-15-29(16-18-30)26-14-13-24(19-23(26)20-28)31(21-22-9-5-3-6-10-22)36(33,34)25-11-7-4-8-12-25/h3-14,19H,2,15-18,21H2,1H3. The van der Waals surface area contributed by atoms with E-state index in [-0.39, 0.29) is 17.5 Å². The van der Waals surface area contributed by atoms with E-state index in [1.165, 1.54) is 4.31 Å². The quantitative estimate of drug-likeness (QED) is 0.478. The van der Waals surface area contributed by atoms with E-state index in [0.29, 0.717) is 49.7 Å². The van der Waals surface area contributed by atoms with Crippen LogP contribution in [0.25, 0.3) is 0 Å². The zero-order valence-electron chi connectivity index (χ0n) is 20.1. The first-order chi connectivity index (χ1) is 17.4. The molecule has 3 aromatic rings. The van der Waals surface area contributed by atoms with Crippen molar-refractivity contribution in [2.45, 2.75) is 18.4 Å². The summed E-state index contributed by atoms with van der Waals surface area (Å²) in [7, 11) is -3.89. The maximum absolute atomic E-state index is 13.7. The van der Waals surface area contributed by atoms with Gasteiger partial charge in [-0.3, -0.25) is 4.31 Å². The molecule has 0 saturated carbocycles. The van der Waals surface area contributed by atoms with Crippen molar-refractivity contribution in [3.8, 4) is 6.07 Å². The highest BCUT2D eigenvalue weighted by Crippen LogP contribution is 2.31. The predicted molar refractivity (Wildman–Crippen MR) is 138 cm³/mol. The molecule has 36 heavy (non-hydrogen) atoms. The Labute approximate surface area is 212 Å². The third-order valence-electron chi connectivity index (χ3n) is 6.04. The number of benzene rings is 3. The molecule has 0 radical (unpaired) electrons. The van der Waals surface area contributed by atoms with Crippen LogP contribution >= 0.6 is 0 Å². The topological polar surface area (TPSA) is 93.9 Å². The first-order valence-corrected chi connectivity index (χ1v) is 13.2. The number of anilines is 2. The molecule has 0 aromatic heterocycles. The second-order valence-corrected chi connectivity index (χ2v) is 10.2. The molecule has 0 N–H and O–H groups in total. The minimum absolute atomic E-state index is 0.125. The van der Waals surface area contributed by atoms with E-state index in [0.717, 1.165) is 5.56 Å². The van der Waals surface area contributed by atoms with Crippen molar-refractivity contribution < 1.29 is 17.9 Å². The lowest BCUT2D eigenvalue weighted by Crippen LogP contribution is -2.49. The number of ether oxygens (including phenoxy) is 1. The van der Waals surface area contributed by atoms with Crippen LogP contribution in [0.2, 0.25) is 0 Å². The lowest BCUT2D eigenvalue weighted by atomic mass is 10.1. The maximum Gasteiger partial charge on any atom is 0.409 e. The Morgan fingerprint density at radius 2 is 1.61 bits per heavy atom. The minimum Gasteiger partial charge on any atom is -0.450 e. The number of hydrogen-bond acceptors (Lipinski definition) is 6. The Hall–Kier alpha value is -4.03. The molecule has 1 fully saturated rings. The van der Waals surface area contributed by atoms with Gasteiger partial charge in [0.25, 0.3) is 10.0 Å². The van der Waals surface area contributed by atoms with Gasteiger partial charge in [0, 0.05) is 26.2 Å². The number of piperazine rings is 1. The van der Waals surface area contributed by atoms with E-state index in [1.807, 2.05) is 35.2 Å². The highest BCUT2D eigenvalue weighted by atomic mass is 32.2. The normalized spacial score (nSPS) is 13.7. The van der Waals surface area contributed by atoms with Crippen molar-refractivity contribution in [1.82, 2.24) is 4.90 Å². The fourth-order valence-electron chi connectivity index (χ4n) is 4.17. The molecule has 0 atom stereocenters. The van der Waals surface area contributed by atoms with Crippen LogP contribution in [-0.2, 0) is 21.3 Å². The van der Waals surface area contributed by atoms with Gasteiger partial charge in [-0.1, -0.05) is 48.5 Å². The molecule has 1 amide bonds. The zero-order valence-corrected chi connectivity index (χ0v) is 20.9. The van der Waals surface area contributed by atoms with E-state index in [2.05, 4.69) is 6.07 Å². The van der Waals surface area contributed by atoms with E-state index in [1.54, 1.807) is 60.4 Å². The van der Waals surface area contributed by atoms with Gasteiger partial charge in [-0.15, -0.1) is 0 Å². The highest BCUT2D eigenvalue weighted by Gasteiger charge is 2.27. The SMILES string of the molecule is CCOC(=O)N1CCN(c2ccc(N(Cc3ccccc3)S(=O)(=O)c3ccccc3)cc2C#N)CC1. The zero-order chi connectivity index (χ0) is 25.5. The van der Waals surface area contributed by atoms with E-state index >= 15 is 0 Å². The van der Waals surface area contributed by atoms with Gasteiger partial charge in [-0.05, 0) is 42.8 Å². The van der Waals surface area contributed by atoms with Gasteiger partial charge in [0.1, 0.15) is 6.07 Å². The first kappa shape index (κ1) is 25.1. The summed E-state index contributed by atoms with van der Waals surface area (Å²) in [5.74, 6) is 0. The Kier molecular flexibility index (Phi) is 7.76. The fraction of sp³-hybridized carbons (Fsp3) is 0.259. The summed E-state index contributed by atoms with van der Waals surface area (Å²) in [4.78, 5) is 15.9. The Morgan fingerprint density at radius 3 is 2.22 bits per heavy atom. The molecule has 1 aliphatic rings. The van der Waals surface area contributed by atoms with Crippen molar-refractivity contribution in [2.24, 2.45) is 0 Å². The lowest BCUT2D eigenvalue weighted by molar-refractivity contribution is 0.105. The summed E-state index contributed by atoms with van der Waals surface area (Å²) in [6.45, 7) is 4.27. The molecule has 4 rings (SSSR count). The summed E-state index contributed by atoms with van der Waals surface area (Å²) in [6, 6.07) is 25.0. The van der Waals surface area contributed by atoms with Gasteiger partial charge in [0.2, 0.25) is 0 Å². The Balaban J connectivity index is 1.65. The largest absolute Gasteiger partial charge is 0.450 e. The van der Waals surface area contributed by atoms with E-state index in [9.17, 15) is 18.5 Å². The molecule has 0 aliphatic carbocycles. The monoisotopic (exact) mass is 504 g/mol. The van der Waals surface area contributed by atoms with E-state index < -0.39 is 10.0 Å². The van der Waals surface area contributed by atoms with Crippen LogP contribution in [0.4, 0.5) is 16.2 Å². The molecule has 186 valence electrons. The van der Waals surface area contributed by atoms with Gasteiger partial charge in [0.05, 0.1) is 35.0 Å². The van der Waals surface area contributed by atoms with Crippen molar-refractivity contribution in [3.05, 3.63) is 90.0 Å². The number of sulfonamides is 1.